The van der Waals surface area contributed by atoms with Gasteiger partial charge in [0.2, 0.25) is 0 Å². The van der Waals surface area contributed by atoms with Crippen molar-refractivity contribution in [1.29, 1.82) is 0 Å². The lowest BCUT2D eigenvalue weighted by Gasteiger charge is -2.33. The van der Waals surface area contributed by atoms with Gasteiger partial charge in [-0.1, -0.05) is 41.9 Å². The summed E-state index contributed by atoms with van der Waals surface area (Å²) in [4.78, 5) is 20.0. The molecular formula is C20H27BrF2O6P2. The minimum absolute atomic E-state index is 0.0182. The Bertz CT molecular complexity index is 1030. The molecule has 0 spiro atoms. The van der Waals surface area contributed by atoms with Crippen molar-refractivity contribution in [3.05, 3.63) is 45.9 Å². The van der Waals surface area contributed by atoms with E-state index >= 15 is 8.78 Å². The van der Waals surface area contributed by atoms with Gasteiger partial charge in [0.15, 0.2) is 0 Å². The van der Waals surface area contributed by atoms with Crippen molar-refractivity contribution in [3.63, 3.8) is 0 Å². The highest BCUT2D eigenvalue weighted by Gasteiger charge is 2.55. The molecule has 0 fully saturated rings. The van der Waals surface area contributed by atoms with Gasteiger partial charge in [-0.25, -0.2) is 0 Å². The minimum atomic E-state index is -4.82. The molecule has 11 heteroatoms. The van der Waals surface area contributed by atoms with Gasteiger partial charge >= 0.3 is 20.9 Å². The quantitative estimate of drug-likeness (QED) is 0.311. The fraction of sp³-hybridized carbons (Fsp3) is 0.500. The van der Waals surface area contributed by atoms with Crippen LogP contribution in [0.25, 0.3) is 10.8 Å². The largest absolute Gasteiger partial charge is 0.404 e. The van der Waals surface area contributed by atoms with Gasteiger partial charge in [0.05, 0.1) is 18.4 Å². The molecule has 0 aliphatic heterocycles. The Hall–Kier alpha value is -0.660. The summed E-state index contributed by atoms with van der Waals surface area (Å²) in [5.74, 6) is 0. The third-order valence-electron chi connectivity index (χ3n) is 5.46. The van der Waals surface area contributed by atoms with E-state index in [2.05, 4.69) is 15.9 Å². The maximum atomic E-state index is 15.4. The van der Waals surface area contributed by atoms with E-state index in [1.165, 1.54) is 26.0 Å². The van der Waals surface area contributed by atoms with E-state index in [-0.39, 0.29) is 30.5 Å². The van der Waals surface area contributed by atoms with E-state index in [0.29, 0.717) is 16.3 Å². The van der Waals surface area contributed by atoms with Crippen LogP contribution in [-0.2, 0) is 29.0 Å². The summed E-state index contributed by atoms with van der Waals surface area (Å²) in [6.07, 6.45) is 0.339. The van der Waals surface area contributed by atoms with E-state index in [0.717, 1.165) is 6.07 Å². The zero-order valence-corrected chi connectivity index (χ0v) is 21.1. The lowest BCUT2D eigenvalue weighted by atomic mass is 9.90. The molecular weight excluding hydrogens is 516 g/mol. The number of fused-ring (bicyclic) bond motifs is 1. The SMILES string of the molecule is CCOP(=O)(OCC)C(F)(F)c1cc2cc(C(CC)(CC)P(=O)(O)O)ccc2cc1Br. The molecule has 0 saturated carbocycles. The van der Waals surface area contributed by atoms with E-state index in [4.69, 9.17) is 9.05 Å². The predicted octanol–water partition coefficient (Wildman–Crippen LogP) is 7.11. The summed E-state index contributed by atoms with van der Waals surface area (Å²) in [5, 5.41) is -0.526. The highest BCUT2D eigenvalue weighted by molar-refractivity contribution is 9.10. The van der Waals surface area contributed by atoms with Gasteiger partial charge in [-0.05, 0) is 61.2 Å². The van der Waals surface area contributed by atoms with Crippen LogP contribution in [0.3, 0.4) is 0 Å². The molecule has 0 aliphatic carbocycles. The first-order chi connectivity index (χ1) is 14.3. The number of rotatable bonds is 10. The number of hydrogen-bond acceptors (Lipinski definition) is 4. The third-order valence-corrected chi connectivity index (χ3v) is 10.2. The van der Waals surface area contributed by atoms with Gasteiger partial charge in [0.1, 0.15) is 0 Å². The van der Waals surface area contributed by atoms with Crippen molar-refractivity contribution in [1.82, 2.24) is 0 Å². The smallest absolute Gasteiger partial charge is 0.324 e. The van der Waals surface area contributed by atoms with Crippen LogP contribution in [0.4, 0.5) is 8.78 Å². The second-order valence-corrected chi connectivity index (χ2v) is 11.9. The van der Waals surface area contributed by atoms with E-state index in [1.807, 2.05) is 0 Å². The fourth-order valence-electron chi connectivity index (χ4n) is 3.72. The molecule has 0 aliphatic rings. The molecule has 0 heterocycles. The van der Waals surface area contributed by atoms with Crippen molar-refractivity contribution in [2.75, 3.05) is 13.2 Å². The van der Waals surface area contributed by atoms with Crippen LogP contribution in [-0.4, -0.2) is 23.0 Å². The monoisotopic (exact) mass is 542 g/mol. The van der Waals surface area contributed by atoms with Crippen LogP contribution in [0.1, 0.15) is 51.7 Å². The van der Waals surface area contributed by atoms with Crippen molar-refractivity contribution in [2.24, 2.45) is 0 Å². The summed E-state index contributed by atoms with van der Waals surface area (Å²) in [7, 11) is -9.37. The molecule has 2 N–H and O–H groups in total. The molecule has 0 amide bonds. The van der Waals surface area contributed by atoms with E-state index in [9.17, 15) is 18.9 Å². The molecule has 2 aromatic rings. The van der Waals surface area contributed by atoms with Crippen LogP contribution in [0, 0.1) is 0 Å². The molecule has 174 valence electrons. The molecule has 2 aromatic carbocycles. The average molecular weight is 543 g/mol. The van der Waals surface area contributed by atoms with Crippen LogP contribution < -0.4 is 0 Å². The molecule has 2 rings (SSSR count). The Balaban J connectivity index is 2.76. The zero-order valence-electron chi connectivity index (χ0n) is 17.8. The summed E-state index contributed by atoms with van der Waals surface area (Å²) >= 11 is 3.13. The Morgan fingerprint density at radius 1 is 0.935 bits per heavy atom. The van der Waals surface area contributed by atoms with Crippen molar-refractivity contribution < 1.29 is 36.7 Å². The summed E-state index contributed by atoms with van der Waals surface area (Å²) in [6.45, 7) is 5.80. The van der Waals surface area contributed by atoms with Crippen LogP contribution in [0.15, 0.2) is 34.8 Å². The highest BCUT2D eigenvalue weighted by atomic mass is 79.9. The molecule has 31 heavy (non-hydrogen) atoms. The van der Waals surface area contributed by atoms with Crippen LogP contribution in [0.5, 0.6) is 0 Å². The van der Waals surface area contributed by atoms with E-state index < -0.39 is 31.6 Å². The molecule has 0 saturated heterocycles. The standard InChI is InChI=1S/C20H27BrF2O6P2/c1-5-19(6-2,30(24,25)26)16-10-9-14-13-18(21)17(12-15(14)11-16)20(22,23)31(27,28-7-3)29-8-4/h9-13H,5-8H2,1-4H3,(H2,24,25,26). The highest BCUT2D eigenvalue weighted by Crippen LogP contribution is 2.68. The second kappa shape index (κ2) is 9.68. The lowest BCUT2D eigenvalue weighted by Crippen LogP contribution is -2.24. The topological polar surface area (TPSA) is 93.1 Å². The summed E-state index contributed by atoms with van der Waals surface area (Å²) < 4.78 is 65.6. The van der Waals surface area contributed by atoms with Gasteiger partial charge in [0, 0.05) is 10.0 Å². The Morgan fingerprint density at radius 3 is 1.94 bits per heavy atom. The minimum Gasteiger partial charge on any atom is -0.324 e. The Morgan fingerprint density at radius 2 is 1.48 bits per heavy atom. The first-order valence-corrected chi connectivity index (χ1v) is 13.8. The first-order valence-electron chi connectivity index (χ1n) is 9.90. The molecule has 0 radical (unpaired) electrons. The van der Waals surface area contributed by atoms with Gasteiger partial charge in [-0.3, -0.25) is 9.13 Å². The second-order valence-electron chi connectivity index (χ2n) is 7.05. The van der Waals surface area contributed by atoms with Crippen LogP contribution >= 0.6 is 31.1 Å². The van der Waals surface area contributed by atoms with Crippen LogP contribution in [0.2, 0.25) is 0 Å². The van der Waals surface area contributed by atoms with Crippen molar-refractivity contribution >= 4 is 41.9 Å². The molecule has 0 bridgehead atoms. The third kappa shape index (κ3) is 4.70. The predicted molar refractivity (Wildman–Crippen MR) is 121 cm³/mol. The Kier molecular flexibility index (Phi) is 8.30. The molecule has 6 nitrogen and oxygen atoms in total. The number of halogens is 3. The maximum Gasteiger partial charge on any atom is 0.404 e. The number of alkyl halides is 2. The first kappa shape index (κ1) is 26.6. The van der Waals surface area contributed by atoms with Gasteiger partial charge in [-0.2, -0.15) is 8.78 Å². The van der Waals surface area contributed by atoms with Crippen molar-refractivity contribution in [2.45, 2.75) is 51.4 Å². The zero-order chi connectivity index (χ0) is 23.7. The number of benzene rings is 2. The average Bonchev–Trinajstić information content (AvgIpc) is 2.68. The maximum absolute atomic E-state index is 15.4. The van der Waals surface area contributed by atoms with Gasteiger partial charge < -0.3 is 18.8 Å². The normalized spacial score (nSPS) is 13.7. The number of hydrogen-bond donors (Lipinski definition) is 2. The van der Waals surface area contributed by atoms with Crippen molar-refractivity contribution in [3.8, 4) is 0 Å². The Labute approximate surface area is 189 Å². The van der Waals surface area contributed by atoms with Gasteiger partial charge in [-0.15, -0.1) is 0 Å². The molecule has 0 aromatic heterocycles. The van der Waals surface area contributed by atoms with Gasteiger partial charge in [0.25, 0.3) is 0 Å². The fourth-order valence-corrected chi connectivity index (χ4v) is 7.34. The summed E-state index contributed by atoms with van der Waals surface area (Å²) in [5.41, 5.74) is -4.18. The summed E-state index contributed by atoms with van der Waals surface area (Å²) in [6, 6.07) is 7.33. The van der Waals surface area contributed by atoms with E-state index in [1.54, 1.807) is 26.0 Å². The molecule has 0 atom stereocenters. The lowest BCUT2D eigenvalue weighted by molar-refractivity contribution is 0.0356. The molecule has 0 unspecified atom stereocenters.